The van der Waals surface area contributed by atoms with Crippen LogP contribution in [0.25, 0.3) is 0 Å². The molecular weight excluding hydrogens is 382 g/mol. The minimum absolute atomic E-state index is 0.0552. The fourth-order valence-corrected chi connectivity index (χ4v) is 7.62. The predicted octanol–water partition coefficient (Wildman–Crippen LogP) is 7.98. The maximum atomic E-state index is 8.25. The van der Waals surface area contributed by atoms with Gasteiger partial charge in [0, 0.05) is 17.7 Å². The lowest BCUT2D eigenvalue weighted by atomic mass is 9.65. The van der Waals surface area contributed by atoms with E-state index in [1.54, 1.807) is 6.21 Å². The summed E-state index contributed by atoms with van der Waals surface area (Å²) >= 11 is 0. The van der Waals surface area contributed by atoms with E-state index in [0.29, 0.717) is 17.4 Å². The summed E-state index contributed by atoms with van der Waals surface area (Å²) in [7, 11) is -1.77. The molecule has 0 radical (unpaired) electrons. The fraction of sp³-hybridized carbons (Fsp3) is 0.741. The van der Waals surface area contributed by atoms with E-state index in [4.69, 9.17) is 9.84 Å². The van der Waals surface area contributed by atoms with Gasteiger partial charge in [0.25, 0.3) is 0 Å². The van der Waals surface area contributed by atoms with Crippen molar-refractivity contribution in [3.05, 3.63) is 35.5 Å². The second-order valence-corrected chi connectivity index (χ2v) is 17.0. The van der Waals surface area contributed by atoms with Crippen LogP contribution in [0.15, 0.2) is 35.5 Å². The molecule has 1 spiro atoms. The Morgan fingerprint density at radius 1 is 1.10 bits per heavy atom. The minimum Gasteiger partial charge on any atom is -0.414 e. The highest BCUT2D eigenvalue weighted by atomic mass is 28.4. The van der Waals surface area contributed by atoms with Crippen LogP contribution in [0, 0.1) is 22.2 Å². The van der Waals surface area contributed by atoms with Gasteiger partial charge in [0.1, 0.15) is 0 Å². The molecule has 2 nitrogen and oxygen atoms in total. The Bertz CT molecular complexity index is 779. The molecule has 0 saturated heterocycles. The van der Waals surface area contributed by atoms with E-state index in [0.717, 1.165) is 12.8 Å². The first-order chi connectivity index (χ1) is 14.0. The second-order valence-electron chi connectivity index (χ2n) is 12.2. The van der Waals surface area contributed by atoms with Crippen LogP contribution in [0.3, 0.4) is 0 Å². The molecule has 0 aliphatic heterocycles. The first-order valence-corrected chi connectivity index (χ1v) is 15.2. The van der Waals surface area contributed by atoms with Crippen LogP contribution in [-0.4, -0.2) is 20.6 Å². The quantitative estimate of drug-likeness (QED) is 0.359. The highest BCUT2D eigenvalue weighted by Crippen LogP contribution is 2.61. The molecule has 1 N–H and O–H groups in total. The van der Waals surface area contributed by atoms with Gasteiger partial charge in [-0.25, -0.2) is 0 Å². The molecule has 0 heterocycles. The Balaban J connectivity index is 1.59. The molecule has 3 atom stereocenters. The zero-order valence-corrected chi connectivity index (χ0v) is 21.1. The normalized spacial score (nSPS) is 36.4. The van der Waals surface area contributed by atoms with Crippen molar-refractivity contribution in [2.24, 2.45) is 16.7 Å². The van der Waals surface area contributed by atoms with Gasteiger partial charge in [-0.2, -0.15) is 0 Å². The molecule has 0 amide bonds. The second kappa shape index (κ2) is 7.58. The number of allylic oxidation sites excluding steroid dienone is 4. The van der Waals surface area contributed by atoms with Gasteiger partial charge in [-0.05, 0) is 98.4 Å². The average molecular weight is 426 g/mol. The molecule has 166 valence electrons. The topological polar surface area (TPSA) is 33.1 Å². The Labute approximate surface area is 185 Å². The summed E-state index contributed by atoms with van der Waals surface area (Å²) in [4.78, 5) is 0. The summed E-state index contributed by atoms with van der Waals surface area (Å²) in [5, 5.41) is 8.50. The van der Waals surface area contributed by atoms with E-state index in [9.17, 15) is 0 Å². The first-order valence-electron chi connectivity index (χ1n) is 12.3. The maximum absolute atomic E-state index is 8.25. The fourth-order valence-electron chi connectivity index (χ4n) is 6.26. The van der Waals surface area contributed by atoms with E-state index >= 15 is 0 Å². The Kier molecular flexibility index (Phi) is 5.63. The Morgan fingerprint density at radius 2 is 1.80 bits per heavy atom. The van der Waals surface area contributed by atoms with E-state index < -0.39 is 8.32 Å². The number of hydrogen-bond donors (Lipinski definition) is 1. The van der Waals surface area contributed by atoms with Crippen LogP contribution in [0.2, 0.25) is 18.1 Å². The molecule has 0 bridgehead atoms. The zero-order valence-electron chi connectivity index (χ0n) is 20.1. The van der Waals surface area contributed by atoms with Crippen molar-refractivity contribution >= 4 is 14.5 Å². The molecule has 30 heavy (non-hydrogen) atoms. The van der Waals surface area contributed by atoms with Crippen molar-refractivity contribution in [3.63, 3.8) is 0 Å². The smallest absolute Gasteiger partial charge is 0.192 e. The van der Waals surface area contributed by atoms with Gasteiger partial charge in [0.05, 0.1) is 0 Å². The van der Waals surface area contributed by atoms with Crippen molar-refractivity contribution in [2.45, 2.75) is 109 Å². The van der Waals surface area contributed by atoms with Gasteiger partial charge in [0.15, 0.2) is 8.32 Å². The molecule has 3 heteroatoms. The van der Waals surface area contributed by atoms with Crippen LogP contribution in [0.1, 0.15) is 85.0 Å². The molecule has 4 rings (SSSR count). The molecule has 0 aromatic rings. The van der Waals surface area contributed by atoms with E-state index in [1.165, 1.54) is 68.1 Å². The molecule has 0 aromatic heterocycles. The molecule has 4 saturated carbocycles. The van der Waals surface area contributed by atoms with Crippen molar-refractivity contribution < 1.29 is 4.43 Å². The first kappa shape index (κ1) is 22.3. The summed E-state index contributed by atoms with van der Waals surface area (Å²) in [5.74, 6) is 0.701. The van der Waals surface area contributed by atoms with Crippen LogP contribution < -0.4 is 0 Å². The third-order valence-electron chi connectivity index (χ3n) is 9.43. The standard InChI is InChI=1S/C27H43NOSi/c1-20-21(12-13-23-10-7-9-22-11-8-14-27(22,23)19-28)17-24(18-26(20)15-16-26)29-30(5,6)25(2,3)4/h12-13,19,22,24,28H,1,7-11,14-18H2,2-6H3/b21-12-,23-13+,28-19?/t22?,24-,27?/m1/s1. The largest absolute Gasteiger partial charge is 0.414 e. The zero-order chi connectivity index (χ0) is 21.8. The van der Waals surface area contributed by atoms with Crippen LogP contribution in [0.4, 0.5) is 0 Å². The number of hydrogen-bond acceptors (Lipinski definition) is 2. The monoisotopic (exact) mass is 425 g/mol. The van der Waals surface area contributed by atoms with E-state index in [2.05, 4.69) is 52.6 Å². The highest BCUT2D eigenvalue weighted by molar-refractivity contribution is 6.74. The minimum atomic E-state index is -1.77. The van der Waals surface area contributed by atoms with Crippen LogP contribution in [0.5, 0.6) is 0 Å². The number of nitrogens with one attached hydrogen (secondary N) is 1. The van der Waals surface area contributed by atoms with Gasteiger partial charge in [-0.15, -0.1) is 0 Å². The Hall–Kier alpha value is -0.933. The average Bonchev–Trinajstić information content (AvgIpc) is 3.29. The number of fused-ring (bicyclic) bond motifs is 1. The van der Waals surface area contributed by atoms with Gasteiger partial charge in [-0.1, -0.05) is 51.5 Å². The molecular formula is C27H43NOSi. The molecule has 0 aromatic carbocycles. The molecule has 4 aliphatic rings. The van der Waals surface area contributed by atoms with Crippen LogP contribution >= 0.6 is 0 Å². The third-order valence-corrected chi connectivity index (χ3v) is 14.0. The molecule has 2 unspecified atom stereocenters. The molecule has 4 fully saturated rings. The van der Waals surface area contributed by atoms with Crippen molar-refractivity contribution in [2.75, 3.05) is 0 Å². The highest BCUT2D eigenvalue weighted by Gasteiger charge is 2.52. The summed E-state index contributed by atoms with van der Waals surface area (Å²) < 4.78 is 6.90. The van der Waals surface area contributed by atoms with Crippen molar-refractivity contribution in [3.8, 4) is 0 Å². The summed E-state index contributed by atoms with van der Waals surface area (Å²) in [6.45, 7) is 16.4. The van der Waals surface area contributed by atoms with E-state index in [1.807, 2.05) is 0 Å². The summed E-state index contributed by atoms with van der Waals surface area (Å²) in [5.41, 5.74) is 4.70. The van der Waals surface area contributed by atoms with Gasteiger partial charge < -0.3 is 9.84 Å². The SMILES string of the molecule is C=C1/C(=C\C=C2/CCCC3CCCC23C=N)C[C@@H](O[Si](C)(C)C(C)(C)C)CC12CC2. The summed E-state index contributed by atoms with van der Waals surface area (Å²) in [6, 6.07) is 0. The van der Waals surface area contributed by atoms with Gasteiger partial charge in [-0.3, -0.25) is 0 Å². The summed E-state index contributed by atoms with van der Waals surface area (Å²) in [6.07, 6.45) is 19.2. The van der Waals surface area contributed by atoms with Crippen LogP contribution in [-0.2, 0) is 4.43 Å². The number of rotatable bonds is 4. The van der Waals surface area contributed by atoms with Gasteiger partial charge in [0.2, 0.25) is 0 Å². The third kappa shape index (κ3) is 3.75. The lowest BCUT2D eigenvalue weighted by molar-refractivity contribution is 0.140. The predicted molar refractivity (Wildman–Crippen MR) is 131 cm³/mol. The Morgan fingerprint density at radius 3 is 2.43 bits per heavy atom. The maximum Gasteiger partial charge on any atom is 0.192 e. The molecule has 4 aliphatic carbocycles. The van der Waals surface area contributed by atoms with E-state index in [-0.39, 0.29) is 10.5 Å². The lowest BCUT2D eigenvalue weighted by Crippen LogP contribution is -2.45. The van der Waals surface area contributed by atoms with Crippen molar-refractivity contribution in [1.29, 1.82) is 5.41 Å². The van der Waals surface area contributed by atoms with Crippen molar-refractivity contribution in [1.82, 2.24) is 0 Å². The lowest BCUT2D eigenvalue weighted by Gasteiger charge is -2.43. The van der Waals surface area contributed by atoms with Gasteiger partial charge >= 0.3 is 0 Å².